The Morgan fingerprint density at radius 1 is 1.00 bits per heavy atom. The van der Waals surface area contributed by atoms with Gasteiger partial charge in [0.1, 0.15) is 7.85 Å². The quantitative estimate of drug-likeness (QED) is 0.418. The molecule has 0 aliphatic heterocycles. The zero-order chi connectivity index (χ0) is 18.8. The number of benzene rings is 3. The highest BCUT2D eigenvalue weighted by atomic mass is 16.5. The number of carbonyl (C=O) groups excluding carboxylic acids is 1. The van der Waals surface area contributed by atoms with Gasteiger partial charge in [0.25, 0.3) is 0 Å². The van der Waals surface area contributed by atoms with E-state index < -0.39 is 5.97 Å². The summed E-state index contributed by atoms with van der Waals surface area (Å²) in [5, 5.41) is 5.19. The molecule has 0 N–H and O–H groups in total. The van der Waals surface area contributed by atoms with Gasteiger partial charge in [0.2, 0.25) is 0 Å². The second-order valence-corrected chi connectivity index (χ2v) is 6.32. The minimum absolute atomic E-state index is 0.402. The predicted octanol–water partition coefficient (Wildman–Crippen LogP) is 3.33. The van der Waals surface area contributed by atoms with E-state index in [1.165, 1.54) is 12.7 Å². The molecule has 0 saturated carbocycles. The first-order valence-electron chi connectivity index (χ1n) is 8.64. The topological polar surface area (TPSA) is 44.1 Å². The standard InChI is InChI=1S/C22H17BN2O2/c1-27-22(26)18-11-12-20(23)19-13-24-25(21(18)19)14-15-7-9-17(10-8-15)16-5-3-2-4-6-16/h2-13H,14H2,1H3. The number of rotatable bonds is 4. The third-order valence-electron chi connectivity index (χ3n) is 4.63. The van der Waals surface area contributed by atoms with Crippen molar-refractivity contribution in [1.29, 1.82) is 0 Å². The van der Waals surface area contributed by atoms with Gasteiger partial charge in [-0.25, -0.2) is 4.79 Å². The van der Waals surface area contributed by atoms with Gasteiger partial charge in [-0.15, -0.1) is 0 Å². The molecule has 1 aromatic heterocycles. The van der Waals surface area contributed by atoms with E-state index in [1.54, 1.807) is 23.0 Å². The lowest BCUT2D eigenvalue weighted by Crippen LogP contribution is -2.11. The summed E-state index contributed by atoms with van der Waals surface area (Å²) in [6, 6.07) is 21.9. The minimum atomic E-state index is -0.402. The highest BCUT2D eigenvalue weighted by Gasteiger charge is 2.16. The number of esters is 1. The number of hydrogen-bond donors (Lipinski definition) is 0. The molecule has 0 spiro atoms. The Kier molecular flexibility index (Phi) is 4.51. The van der Waals surface area contributed by atoms with E-state index in [0.717, 1.165) is 16.5 Å². The van der Waals surface area contributed by atoms with Crippen LogP contribution in [0.5, 0.6) is 0 Å². The average Bonchev–Trinajstić information content (AvgIpc) is 3.13. The van der Waals surface area contributed by atoms with E-state index in [0.29, 0.717) is 23.1 Å². The van der Waals surface area contributed by atoms with Crippen LogP contribution in [-0.2, 0) is 11.3 Å². The monoisotopic (exact) mass is 352 g/mol. The van der Waals surface area contributed by atoms with Crippen LogP contribution in [0.25, 0.3) is 22.0 Å². The zero-order valence-corrected chi connectivity index (χ0v) is 14.9. The van der Waals surface area contributed by atoms with Gasteiger partial charge in [0.15, 0.2) is 0 Å². The second-order valence-electron chi connectivity index (χ2n) is 6.32. The Balaban J connectivity index is 1.70. The maximum atomic E-state index is 12.1. The smallest absolute Gasteiger partial charge is 0.340 e. The molecule has 0 unspecified atom stereocenters. The summed E-state index contributed by atoms with van der Waals surface area (Å²) < 4.78 is 6.69. The largest absolute Gasteiger partial charge is 0.465 e. The number of hydrogen-bond acceptors (Lipinski definition) is 3. The maximum absolute atomic E-state index is 12.1. The lowest BCUT2D eigenvalue weighted by molar-refractivity contribution is 0.0602. The Morgan fingerprint density at radius 3 is 2.41 bits per heavy atom. The molecule has 4 aromatic rings. The molecule has 5 heteroatoms. The summed E-state index contributed by atoms with van der Waals surface area (Å²) in [7, 11) is 7.42. The molecular weight excluding hydrogens is 335 g/mol. The third-order valence-corrected chi connectivity index (χ3v) is 4.63. The SMILES string of the molecule is [B]c1ccc(C(=O)OC)c2c1cnn2Cc1ccc(-c2ccccc2)cc1. The highest BCUT2D eigenvalue weighted by Crippen LogP contribution is 2.22. The number of ether oxygens (including phenoxy) is 1. The minimum Gasteiger partial charge on any atom is -0.465 e. The summed E-state index contributed by atoms with van der Waals surface area (Å²) in [5.74, 6) is -0.402. The molecule has 27 heavy (non-hydrogen) atoms. The van der Waals surface area contributed by atoms with Gasteiger partial charge >= 0.3 is 5.97 Å². The van der Waals surface area contributed by atoms with Crippen molar-refractivity contribution in [2.24, 2.45) is 0 Å². The normalized spacial score (nSPS) is 10.9. The van der Waals surface area contributed by atoms with E-state index in [-0.39, 0.29) is 0 Å². The van der Waals surface area contributed by atoms with Crippen LogP contribution in [0, 0.1) is 0 Å². The van der Waals surface area contributed by atoms with Gasteiger partial charge in [-0.3, -0.25) is 4.68 Å². The maximum Gasteiger partial charge on any atom is 0.340 e. The molecule has 130 valence electrons. The number of aromatic nitrogens is 2. The fraction of sp³-hybridized carbons (Fsp3) is 0.0909. The highest BCUT2D eigenvalue weighted by molar-refractivity contribution is 6.39. The van der Waals surface area contributed by atoms with Crippen LogP contribution in [0.3, 0.4) is 0 Å². The molecule has 0 bridgehead atoms. The first kappa shape index (κ1) is 17.1. The van der Waals surface area contributed by atoms with Crippen LogP contribution < -0.4 is 5.46 Å². The lowest BCUT2D eigenvalue weighted by atomic mass is 9.91. The van der Waals surface area contributed by atoms with Gasteiger partial charge in [0, 0.05) is 5.39 Å². The molecule has 0 atom stereocenters. The summed E-state index contributed by atoms with van der Waals surface area (Å²) in [6.45, 7) is 0.534. The van der Waals surface area contributed by atoms with Crippen molar-refractivity contribution in [3.05, 3.63) is 84.1 Å². The second kappa shape index (κ2) is 7.12. The summed E-state index contributed by atoms with van der Waals surface area (Å²) in [6.07, 6.45) is 1.69. The van der Waals surface area contributed by atoms with Crippen molar-refractivity contribution >= 4 is 30.2 Å². The van der Waals surface area contributed by atoms with Crippen LogP contribution in [0.15, 0.2) is 72.9 Å². The number of nitrogens with zero attached hydrogens (tertiary/aromatic N) is 2. The van der Waals surface area contributed by atoms with E-state index in [1.807, 2.05) is 18.2 Å². The van der Waals surface area contributed by atoms with Crippen LogP contribution in [0.2, 0.25) is 0 Å². The lowest BCUT2D eigenvalue weighted by Gasteiger charge is -2.09. The third kappa shape index (κ3) is 3.24. The molecule has 0 fully saturated rings. The number of fused-ring (bicyclic) bond motifs is 1. The number of carbonyl (C=O) groups is 1. The Hall–Kier alpha value is -3.34. The van der Waals surface area contributed by atoms with E-state index in [9.17, 15) is 4.79 Å². The molecule has 1 heterocycles. The molecular formula is C22H17BN2O2. The van der Waals surface area contributed by atoms with E-state index >= 15 is 0 Å². The van der Waals surface area contributed by atoms with Crippen molar-refractivity contribution in [3.63, 3.8) is 0 Å². The zero-order valence-electron chi connectivity index (χ0n) is 14.9. The van der Waals surface area contributed by atoms with Crippen LogP contribution in [0.1, 0.15) is 15.9 Å². The van der Waals surface area contributed by atoms with Crippen molar-refractivity contribution in [2.45, 2.75) is 6.54 Å². The van der Waals surface area contributed by atoms with Gasteiger partial charge < -0.3 is 4.74 Å². The van der Waals surface area contributed by atoms with E-state index in [4.69, 9.17) is 12.6 Å². The number of methoxy groups -OCH3 is 1. The fourth-order valence-corrected chi connectivity index (χ4v) is 3.22. The van der Waals surface area contributed by atoms with Crippen LogP contribution >= 0.6 is 0 Å². The molecule has 0 saturated heterocycles. The molecule has 0 aliphatic carbocycles. The molecule has 0 aliphatic rings. The van der Waals surface area contributed by atoms with Crippen molar-refractivity contribution in [3.8, 4) is 11.1 Å². The van der Waals surface area contributed by atoms with Crippen molar-refractivity contribution in [1.82, 2.24) is 9.78 Å². The first-order valence-corrected chi connectivity index (χ1v) is 8.64. The Morgan fingerprint density at radius 2 is 1.70 bits per heavy atom. The fourth-order valence-electron chi connectivity index (χ4n) is 3.22. The summed E-state index contributed by atoms with van der Waals surface area (Å²) in [5.41, 5.74) is 5.15. The van der Waals surface area contributed by atoms with Crippen molar-refractivity contribution < 1.29 is 9.53 Å². The Labute approximate surface area is 158 Å². The first-order chi connectivity index (χ1) is 13.2. The van der Waals surface area contributed by atoms with Gasteiger partial charge in [-0.05, 0) is 22.8 Å². The van der Waals surface area contributed by atoms with E-state index in [2.05, 4.69) is 41.5 Å². The van der Waals surface area contributed by atoms with Gasteiger partial charge in [-0.1, -0.05) is 66.1 Å². The summed E-state index contributed by atoms with van der Waals surface area (Å²) in [4.78, 5) is 12.1. The molecule has 4 rings (SSSR count). The molecule has 3 aromatic carbocycles. The molecule has 4 nitrogen and oxygen atoms in total. The van der Waals surface area contributed by atoms with Crippen LogP contribution in [0.4, 0.5) is 0 Å². The van der Waals surface area contributed by atoms with Gasteiger partial charge in [-0.2, -0.15) is 5.10 Å². The molecule has 2 radical (unpaired) electrons. The summed E-state index contributed by atoms with van der Waals surface area (Å²) >= 11 is 0. The Bertz CT molecular complexity index is 1100. The van der Waals surface area contributed by atoms with Crippen molar-refractivity contribution in [2.75, 3.05) is 7.11 Å². The van der Waals surface area contributed by atoms with Crippen LogP contribution in [-0.4, -0.2) is 30.7 Å². The average molecular weight is 352 g/mol. The molecule has 0 amide bonds. The van der Waals surface area contributed by atoms with Gasteiger partial charge in [0.05, 0.1) is 30.9 Å². The predicted molar refractivity (Wildman–Crippen MR) is 107 cm³/mol.